The molecule has 0 spiro atoms. The summed E-state index contributed by atoms with van der Waals surface area (Å²) in [6, 6.07) is 29.6. The molecule has 4 aromatic carbocycles. The minimum atomic E-state index is -4.25. The third-order valence-corrected chi connectivity index (χ3v) is 8.68. The first-order chi connectivity index (χ1) is 20.3. The maximum Gasteiger partial charge on any atom is 0.268 e. The van der Waals surface area contributed by atoms with Gasteiger partial charge in [0, 0.05) is 6.54 Å². The molecule has 1 aliphatic heterocycles. The number of nitrogens with zero attached hydrogens (tertiary/aromatic N) is 2. The third kappa shape index (κ3) is 6.08. The van der Waals surface area contributed by atoms with Gasteiger partial charge in [-0.3, -0.25) is 13.9 Å². The zero-order chi connectivity index (χ0) is 29.7. The van der Waals surface area contributed by atoms with Crippen LogP contribution in [0.3, 0.4) is 0 Å². The van der Waals surface area contributed by atoms with Crippen molar-refractivity contribution in [1.82, 2.24) is 5.32 Å². The molecule has 0 radical (unpaired) electrons. The number of sulfonamides is 1. The molecule has 0 aromatic heterocycles. The smallest absolute Gasteiger partial charge is 0.268 e. The van der Waals surface area contributed by atoms with Gasteiger partial charge in [0.1, 0.15) is 22.9 Å². The first kappa shape index (κ1) is 28.7. The highest BCUT2D eigenvalue weighted by Crippen LogP contribution is 2.35. The van der Waals surface area contributed by atoms with Crippen molar-refractivity contribution in [1.29, 1.82) is 0 Å². The molecule has 1 aliphatic rings. The van der Waals surface area contributed by atoms with Crippen LogP contribution in [0, 0.1) is 6.92 Å². The zero-order valence-corrected chi connectivity index (χ0v) is 24.1. The van der Waals surface area contributed by atoms with E-state index in [0.717, 1.165) is 15.4 Å². The van der Waals surface area contributed by atoms with E-state index in [4.69, 9.17) is 9.47 Å². The van der Waals surface area contributed by atoms with Gasteiger partial charge in [-0.15, -0.1) is 0 Å². The summed E-state index contributed by atoms with van der Waals surface area (Å²) in [5.41, 5.74) is 2.41. The van der Waals surface area contributed by atoms with Crippen LogP contribution in [-0.2, 0) is 26.2 Å². The number of amides is 2. The van der Waals surface area contributed by atoms with Crippen molar-refractivity contribution in [2.24, 2.45) is 0 Å². The molecule has 1 N–H and O–H groups in total. The Morgan fingerprint density at radius 1 is 0.952 bits per heavy atom. The number of carbonyl (C=O) groups is 2. The lowest BCUT2D eigenvalue weighted by molar-refractivity contribution is -0.128. The van der Waals surface area contributed by atoms with Gasteiger partial charge in [-0.25, -0.2) is 8.42 Å². The lowest BCUT2D eigenvalue weighted by atomic mass is 10.1. The summed E-state index contributed by atoms with van der Waals surface area (Å²) >= 11 is 0. The molecule has 10 heteroatoms. The summed E-state index contributed by atoms with van der Waals surface area (Å²) in [4.78, 5) is 28.5. The largest absolute Gasteiger partial charge is 0.495 e. The summed E-state index contributed by atoms with van der Waals surface area (Å²) in [5, 5.41) is 2.87. The van der Waals surface area contributed by atoms with Crippen LogP contribution in [0.4, 0.5) is 11.4 Å². The molecule has 1 heterocycles. The SMILES string of the molecule is COc1ccc(C)cc1S(=O)(=O)N(CC(=O)N1C[C@@H](C(=O)NCc2ccccc2)Oc2ccccc21)c1ccccc1. The molecule has 0 saturated heterocycles. The van der Waals surface area contributed by atoms with Crippen LogP contribution in [0.25, 0.3) is 0 Å². The van der Waals surface area contributed by atoms with Gasteiger partial charge in [-0.1, -0.05) is 66.7 Å². The van der Waals surface area contributed by atoms with Gasteiger partial charge in [0.25, 0.3) is 15.9 Å². The Hall–Kier alpha value is -4.83. The van der Waals surface area contributed by atoms with Crippen LogP contribution in [0.1, 0.15) is 11.1 Å². The van der Waals surface area contributed by atoms with Crippen molar-refractivity contribution >= 4 is 33.2 Å². The van der Waals surface area contributed by atoms with Gasteiger partial charge in [0.15, 0.2) is 6.10 Å². The van der Waals surface area contributed by atoms with Crippen LogP contribution >= 0.6 is 0 Å². The highest BCUT2D eigenvalue weighted by Gasteiger charge is 2.37. The number of hydrogen-bond donors (Lipinski definition) is 1. The van der Waals surface area contributed by atoms with Crippen LogP contribution in [0.2, 0.25) is 0 Å². The molecule has 2 amide bonds. The van der Waals surface area contributed by atoms with E-state index in [1.54, 1.807) is 73.7 Å². The molecule has 42 heavy (non-hydrogen) atoms. The number of para-hydroxylation sites is 3. The Bertz CT molecular complexity index is 1680. The Kier molecular flexibility index (Phi) is 8.44. The number of methoxy groups -OCH3 is 1. The number of anilines is 2. The van der Waals surface area contributed by atoms with Crippen molar-refractivity contribution in [3.63, 3.8) is 0 Å². The van der Waals surface area contributed by atoms with E-state index < -0.39 is 28.6 Å². The van der Waals surface area contributed by atoms with Gasteiger partial charge in [-0.05, 0) is 54.4 Å². The molecule has 5 rings (SSSR count). The predicted molar refractivity (Wildman–Crippen MR) is 160 cm³/mol. The Labute approximate surface area is 245 Å². The predicted octanol–water partition coefficient (Wildman–Crippen LogP) is 4.31. The van der Waals surface area contributed by atoms with Crippen LogP contribution in [0.5, 0.6) is 11.5 Å². The Morgan fingerprint density at radius 2 is 1.62 bits per heavy atom. The quantitative estimate of drug-likeness (QED) is 0.314. The first-order valence-electron chi connectivity index (χ1n) is 13.4. The monoisotopic (exact) mass is 585 g/mol. The normalized spacial score (nSPS) is 14.3. The topological polar surface area (TPSA) is 105 Å². The molecule has 0 saturated carbocycles. The highest BCUT2D eigenvalue weighted by molar-refractivity contribution is 7.93. The number of hydrogen-bond acceptors (Lipinski definition) is 6. The number of aryl methyl sites for hydroxylation is 1. The lowest BCUT2D eigenvalue weighted by Gasteiger charge is -2.35. The highest BCUT2D eigenvalue weighted by atomic mass is 32.2. The van der Waals surface area contributed by atoms with E-state index in [0.29, 0.717) is 23.7 Å². The van der Waals surface area contributed by atoms with E-state index in [1.807, 2.05) is 30.3 Å². The number of rotatable bonds is 9. The van der Waals surface area contributed by atoms with Crippen LogP contribution in [0.15, 0.2) is 108 Å². The summed E-state index contributed by atoms with van der Waals surface area (Å²) in [7, 11) is -2.85. The average Bonchev–Trinajstić information content (AvgIpc) is 3.02. The first-order valence-corrected chi connectivity index (χ1v) is 14.8. The number of carbonyl (C=O) groups excluding carboxylic acids is 2. The molecule has 9 nitrogen and oxygen atoms in total. The van der Waals surface area contributed by atoms with Crippen molar-refractivity contribution in [2.45, 2.75) is 24.5 Å². The maximum absolute atomic E-state index is 14.1. The van der Waals surface area contributed by atoms with E-state index >= 15 is 0 Å². The number of nitrogens with one attached hydrogen (secondary N) is 1. The zero-order valence-electron chi connectivity index (χ0n) is 23.3. The molecule has 216 valence electrons. The second kappa shape index (κ2) is 12.4. The van der Waals surface area contributed by atoms with Crippen molar-refractivity contribution in [2.75, 3.05) is 29.4 Å². The Morgan fingerprint density at radius 3 is 2.33 bits per heavy atom. The number of fused-ring (bicyclic) bond motifs is 1. The fraction of sp³-hybridized carbons (Fsp3) is 0.188. The van der Waals surface area contributed by atoms with Gasteiger partial charge >= 0.3 is 0 Å². The summed E-state index contributed by atoms with van der Waals surface area (Å²) in [6.07, 6.45) is -0.994. The van der Waals surface area contributed by atoms with E-state index in [9.17, 15) is 18.0 Å². The molecular weight excluding hydrogens is 554 g/mol. The molecule has 1 atom stereocenters. The Balaban J connectivity index is 1.45. The molecule has 0 unspecified atom stereocenters. The summed E-state index contributed by atoms with van der Waals surface area (Å²) < 4.78 is 40.6. The third-order valence-electron chi connectivity index (χ3n) is 6.89. The lowest BCUT2D eigenvalue weighted by Crippen LogP contribution is -2.53. The van der Waals surface area contributed by atoms with Crippen molar-refractivity contribution in [3.8, 4) is 11.5 Å². The van der Waals surface area contributed by atoms with Crippen LogP contribution in [-0.4, -0.2) is 46.5 Å². The molecule has 0 aliphatic carbocycles. The average molecular weight is 586 g/mol. The van der Waals surface area contributed by atoms with E-state index in [1.165, 1.54) is 18.1 Å². The number of benzene rings is 4. The minimum Gasteiger partial charge on any atom is -0.495 e. The second-order valence-corrected chi connectivity index (χ2v) is 11.6. The van der Waals surface area contributed by atoms with Gasteiger partial charge < -0.3 is 19.7 Å². The summed E-state index contributed by atoms with van der Waals surface area (Å²) in [6.45, 7) is 1.47. The van der Waals surface area contributed by atoms with Gasteiger partial charge in [-0.2, -0.15) is 0 Å². The molecular formula is C32H31N3O6S. The second-order valence-electron chi connectivity index (χ2n) is 9.78. The van der Waals surface area contributed by atoms with Gasteiger partial charge in [0.05, 0.1) is 25.0 Å². The van der Waals surface area contributed by atoms with E-state index in [2.05, 4.69) is 5.32 Å². The standard InChI is InChI=1S/C32H31N3O6S/c1-23-17-18-28(40-2)30(19-23)42(38,39)35(25-13-7-4-8-14-25)22-31(36)34-21-29(41-27-16-10-9-15-26(27)34)32(37)33-20-24-11-5-3-6-12-24/h3-19,29H,20-22H2,1-2H3,(H,33,37)/t29-/m0/s1. The molecule has 0 bridgehead atoms. The van der Waals surface area contributed by atoms with E-state index in [-0.39, 0.29) is 23.1 Å². The molecule has 0 fully saturated rings. The van der Waals surface area contributed by atoms with Crippen LogP contribution < -0.4 is 24.0 Å². The number of ether oxygens (including phenoxy) is 2. The molecule has 4 aromatic rings. The van der Waals surface area contributed by atoms with Crippen molar-refractivity contribution < 1.29 is 27.5 Å². The fourth-order valence-corrected chi connectivity index (χ4v) is 6.39. The minimum absolute atomic E-state index is 0.0535. The fourth-order valence-electron chi connectivity index (χ4n) is 4.73. The van der Waals surface area contributed by atoms with Gasteiger partial charge in [0.2, 0.25) is 5.91 Å². The maximum atomic E-state index is 14.1. The van der Waals surface area contributed by atoms with Crippen molar-refractivity contribution in [3.05, 3.63) is 114 Å². The summed E-state index contributed by atoms with van der Waals surface area (Å²) in [5.74, 6) is -0.388.